The summed E-state index contributed by atoms with van der Waals surface area (Å²) < 4.78 is 13.4. The number of halogens is 1. The Bertz CT molecular complexity index is 331. The van der Waals surface area contributed by atoms with Gasteiger partial charge in [-0.25, -0.2) is 4.39 Å². The Balaban J connectivity index is 2.62. The average molecular weight is 261 g/mol. The molecule has 0 radical (unpaired) electrons. The molecule has 1 aliphatic heterocycles. The first-order chi connectivity index (χ1) is 8.34. The van der Waals surface area contributed by atoms with E-state index in [1.807, 2.05) is 0 Å². The number of nitrogens with two attached hydrogens (primary N) is 2. The lowest BCUT2D eigenvalue weighted by Gasteiger charge is -2.27. The van der Waals surface area contributed by atoms with Crippen LogP contribution in [0.3, 0.4) is 0 Å². The van der Waals surface area contributed by atoms with Gasteiger partial charge in [0.25, 0.3) is 0 Å². The van der Waals surface area contributed by atoms with Crippen LogP contribution in [0, 0.1) is 0 Å². The SMILES string of the molecule is NC(=O)CC[C@H](N)C(=O)N1CC[C@H](F)[C@@H]1B(O)O. The van der Waals surface area contributed by atoms with E-state index in [2.05, 4.69) is 0 Å². The number of likely N-dealkylation sites (tertiary alicyclic amines) is 1. The summed E-state index contributed by atoms with van der Waals surface area (Å²) in [4.78, 5) is 23.5. The standard InChI is InChI=1S/C9H17BFN3O4/c11-5-3-4-14(8(5)10(17)18)9(16)6(12)1-2-7(13)15/h5-6,8,17-18H,1-4,12H2,(H2,13,15)/t5-,6-,8+/m0/s1. The van der Waals surface area contributed by atoms with Crippen LogP contribution in [0.2, 0.25) is 0 Å². The van der Waals surface area contributed by atoms with Crippen molar-refractivity contribution in [3.05, 3.63) is 0 Å². The van der Waals surface area contributed by atoms with Crippen LogP contribution >= 0.6 is 0 Å². The first-order valence-corrected chi connectivity index (χ1v) is 5.69. The number of carbonyl (C=O) groups is 2. The number of rotatable bonds is 5. The van der Waals surface area contributed by atoms with Crippen molar-refractivity contribution in [3.8, 4) is 0 Å². The lowest BCUT2D eigenvalue weighted by Crippen LogP contribution is -2.53. The van der Waals surface area contributed by atoms with Crippen LogP contribution in [0.15, 0.2) is 0 Å². The Hall–Kier alpha value is -1.19. The molecule has 1 heterocycles. The maximum Gasteiger partial charge on any atom is 0.478 e. The van der Waals surface area contributed by atoms with Gasteiger partial charge in [-0.2, -0.15) is 0 Å². The molecule has 2 amide bonds. The molecule has 0 saturated carbocycles. The third kappa shape index (κ3) is 3.41. The molecule has 0 aromatic rings. The van der Waals surface area contributed by atoms with E-state index in [0.717, 1.165) is 4.90 Å². The summed E-state index contributed by atoms with van der Waals surface area (Å²) in [5.41, 5.74) is 10.5. The molecule has 1 saturated heterocycles. The fraction of sp³-hybridized carbons (Fsp3) is 0.778. The highest BCUT2D eigenvalue weighted by atomic mass is 19.1. The molecule has 1 aliphatic rings. The van der Waals surface area contributed by atoms with Crippen molar-refractivity contribution in [2.75, 3.05) is 6.54 Å². The van der Waals surface area contributed by atoms with Gasteiger partial charge in [0.05, 0.1) is 12.0 Å². The molecular weight excluding hydrogens is 244 g/mol. The molecule has 3 atom stereocenters. The predicted octanol–water partition coefficient (Wildman–Crippen LogP) is -2.47. The van der Waals surface area contributed by atoms with Gasteiger partial charge in [-0.05, 0) is 12.8 Å². The fourth-order valence-corrected chi connectivity index (χ4v) is 2.02. The smallest absolute Gasteiger partial charge is 0.426 e. The number of nitrogens with zero attached hydrogens (tertiary/aromatic N) is 1. The molecule has 9 heteroatoms. The van der Waals surface area contributed by atoms with Gasteiger partial charge in [-0.15, -0.1) is 0 Å². The third-order valence-corrected chi connectivity index (χ3v) is 2.98. The quantitative estimate of drug-likeness (QED) is 0.407. The minimum absolute atomic E-state index is 0.0383. The minimum Gasteiger partial charge on any atom is -0.426 e. The van der Waals surface area contributed by atoms with Gasteiger partial charge in [0.15, 0.2) is 0 Å². The zero-order valence-corrected chi connectivity index (χ0v) is 9.83. The maximum atomic E-state index is 13.4. The van der Waals surface area contributed by atoms with Gasteiger partial charge in [-0.1, -0.05) is 0 Å². The summed E-state index contributed by atoms with van der Waals surface area (Å²) in [5, 5.41) is 18.1. The summed E-state index contributed by atoms with van der Waals surface area (Å²) in [5.74, 6) is -2.48. The van der Waals surface area contributed by atoms with Gasteiger partial charge in [-0.3, -0.25) is 9.59 Å². The van der Waals surface area contributed by atoms with E-state index in [0.29, 0.717) is 0 Å². The molecule has 0 spiro atoms. The topological polar surface area (TPSA) is 130 Å². The Kier molecular flexibility index (Phi) is 5.06. The van der Waals surface area contributed by atoms with E-state index in [-0.39, 0.29) is 25.8 Å². The molecule has 0 aromatic heterocycles. The summed E-state index contributed by atoms with van der Waals surface area (Å²) in [7, 11) is -1.95. The predicted molar refractivity (Wildman–Crippen MR) is 61.6 cm³/mol. The van der Waals surface area contributed by atoms with Crippen LogP contribution in [0.5, 0.6) is 0 Å². The number of hydrogen-bond donors (Lipinski definition) is 4. The van der Waals surface area contributed by atoms with Crippen LogP contribution in [-0.4, -0.2) is 58.6 Å². The summed E-state index contributed by atoms with van der Waals surface area (Å²) in [6.07, 6.45) is -1.45. The molecule has 0 bridgehead atoms. The molecule has 0 aliphatic carbocycles. The third-order valence-electron chi connectivity index (χ3n) is 2.98. The zero-order chi connectivity index (χ0) is 13.9. The van der Waals surface area contributed by atoms with Crippen molar-refractivity contribution in [2.45, 2.75) is 37.4 Å². The average Bonchev–Trinajstić information content (AvgIpc) is 2.66. The van der Waals surface area contributed by atoms with Crippen LogP contribution in [-0.2, 0) is 9.59 Å². The normalized spacial score (nSPS) is 25.0. The Labute approximate surface area is 104 Å². The minimum atomic E-state index is -1.95. The summed E-state index contributed by atoms with van der Waals surface area (Å²) in [6.45, 7) is 0.0760. The van der Waals surface area contributed by atoms with Crippen molar-refractivity contribution in [2.24, 2.45) is 11.5 Å². The van der Waals surface area contributed by atoms with Gasteiger partial charge < -0.3 is 26.4 Å². The van der Waals surface area contributed by atoms with E-state index < -0.39 is 37.1 Å². The van der Waals surface area contributed by atoms with E-state index in [1.54, 1.807) is 0 Å². The second-order valence-corrected chi connectivity index (χ2v) is 4.35. The highest BCUT2D eigenvalue weighted by molar-refractivity contribution is 6.44. The first kappa shape index (κ1) is 14.9. The van der Waals surface area contributed by atoms with Crippen molar-refractivity contribution in [1.29, 1.82) is 0 Å². The Morgan fingerprint density at radius 2 is 2.11 bits per heavy atom. The number of alkyl halides is 1. The number of carbonyl (C=O) groups excluding carboxylic acids is 2. The van der Waals surface area contributed by atoms with Gasteiger partial charge in [0.1, 0.15) is 6.17 Å². The molecule has 0 unspecified atom stereocenters. The second-order valence-electron chi connectivity index (χ2n) is 4.35. The summed E-state index contributed by atoms with van der Waals surface area (Å²) in [6, 6.07) is -0.996. The van der Waals surface area contributed by atoms with Crippen LogP contribution < -0.4 is 11.5 Å². The molecule has 0 aromatic carbocycles. The second kappa shape index (κ2) is 6.12. The van der Waals surface area contributed by atoms with E-state index in [1.165, 1.54) is 0 Å². The lowest BCUT2D eigenvalue weighted by molar-refractivity contribution is -0.133. The van der Waals surface area contributed by atoms with Crippen LogP contribution in [0.4, 0.5) is 4.39 Å². The van der Waals surface area contributed by atoms with Crippen molar-refractivity contribution in [3.63, 3.8) is 0 Å². The zero-order valence-electron chi connectivity index (χ0n) is 9.83. The molecule has 18 heavy (non-hydrogen) atoms. The van der Waals surface area contributed by atoms with Gasteiger partial charge >= 0.3 is 7.12 Å². The lowest BCUT2D eigenvalue weighted by atomic mass is 9.76. The molecule has 6 N–H and O–H groups in total. The fourth-order valence-electron chi connectivity index (χ4n) is 2.02. The number of primary amides is 1. The maximum absolute atomic E-state index is 13.4. The molecule has 7 nitrogen and oxygen atoms in total. The van der Waals surface area contributed by atoms with E-state index in [9.17, 15) is 14.0 Å². The largest absolute Gasteiger partial charge is 0.478 e. The monoisotopic (exact) mass is 261 g/mol. The van der Waals surface area contributed by atoms with E-state index in [4.69, 9.17) is 21.5 Å². The van der Waals surface area contributed by atoms with Crippen molar-refractivity contribution >= 4 is 18.9 Å². The van der Waals surface area contributed by atoms with Crippen LogP contribution in [0.25, 0.3) is 0 Å². The molecule has 1 rings (SSSR count). The Morgan fingerprint density at radius 3 is 2.61 bits per heavy atom. The highest BCUT2D eigenvalue weighted by Crippen LogP contribution is 2.22. The number of amides is 2. The van der Waals surface area contributed by atoms with Crippen molar-refractivity contribution in [1.82, 2.24) is 4.90 Å². The van der Waals surface area contributed by atoms with Gasteiger partial charge in [0.2, 0.25) is 11.8 Å². The first-order valence-electron chi connectivity index (χ1n) is 5.69. The molecule has 102 valence electrons. The summed E-state index contributed by atoms with van der Waals surface area (Å²) >= 11 is 0. The molecular formula is C9H17BFN3O4. The van der Waals surface area contributed by atoms with Crippen LogP contribution in [0.1, 0.15) is 19.3 Å². The molecule has 1 fully saturated rings. The van der Waals surface area contributed by atoms with Crippen molar-refractivity contribution < 1.29 is 24.0 Å². The highest BCUT2D eigenvalue weighted by Gasteiger charge is 2.45. The number of hydrogen-bond acceptors (Lipinski definition) is 5. The van der Waals surface area contributed by atoms with E-state index >= 15 is 0 Å². The Morgan fingerprint density at radius 1 is 1.50 bits per heavy atom. The van der Waals surface area contributed by atoms with Gasteiger partial charge in [0, 0.05) is 13.0 Å².